The molecule has 1 atom stereocenters. The maximum atomic E-state index is 13.2. The van der Waals surface area contributed by atoms with Crippen LogP contribution in [0, 0.1) is 18.6 Å². The molecule has 0 aliphatic rings. The summed E-state index contributed by atoms with van der Waals surface area (Å²) in [5.74, 6) is -0.961. The van der Waals surface area contributed by atoms with E-state index in [-0.39, 0.29) is 5.56 Å². The number of benzene rings is 2. The van der Waals surface area contributed by atoms with E-state index >= 15 is 0 Å². The minimum Gasteiger partial charge on any atom is -0.496 e. The topological polar surface area (TPSA) is 29.5 Å². The minimum absolute atomic E-state index is 0.152. The Morgan fingerprint density at radius 3 is 2.26 bits per heavy atom. The Kier molecular flexibility index (Phi) is 3.81. The second kappa shape index (κ2) is 5.36. The summed E-state index contributed by atoms with van der Waals surface area (Å²) in [5.41, 5.74) is 1.59. The second-order valence-electron chi connectivity index (χ2n) is 4.35. The van der Waals surface area contributed by atoms with E-state index in [0.29, 0.717) is 11.3 Å². The zero-order valence-corrected chi connectivity index (χ0v) is 10.7. The van der Waals surface area contributed by atoms with Gasteiger partial charge in [-0.05, 0) is 36.2 Å². The number of methoxy groups -OCH3 is 1. The van der Waals surface area contributed by atoms with Crippen molar-refractivity contribution in [1.82, 2.24) is 0 Å². The standard InChI is InChI=1S/C15H14F2O2/c1-9-3-4-13(14(5-9)19-2)15(18)10-6-11(16)8-12(17)7-10/h3-8,15,18H,1-2H3. The average molecular weight is 264 g/mol. The van der Waals surface area contributed by atoms with Gasteiger partial charge in [0.2, 0.25) is 0 Å². The normalized spacial score (nSPS) is 12.3. The summed E-state index contributed by atoms with van der Waals surface area (Å²) in [6.45, 7) is 1.89. The minimum atomic E-state index is -1.14. The molecular weight excluding hydrogens is 250 g/mol. The van der Waals surface area contributed by atoms with Crippen LogP contribution in [0.25, 0.3) is 0 Å². The Bertz CT molecular complexity index is 576. The SMILES string of the molecule is COc1cc(C)ccc1C(O)c1cc(F)cc(F)c1. The summed E-state index contributed by atoms with van der Waals surface area (Å²) < 4.78 is 31.5. The molecule has 0 aromatic heterocycles. The molecule has 2 rings (SSSR count). The first-order valence-corrected chi connectivity index (χ1v) is 5.80. The van der Waals surface area contributed by atoms with Gasteiger partial charge in [0.05, 0.1) is 7.11 Å². The van der Waals surface area contributed by atoms with Crippen molar-refractivity contribution >= 4 is 0 Å². The van der Waals surface area contributed by atoms with Gasteiger partial charge in [-0.3, -0.25) is 0 Å². The van der Waals surface area contributed by atoms with Crippen molar-refractivity contribution in [3.63, 3.8) is 0 Å². The molecule has 1 N–H and O–H groups in total. The molecule has 0 aliphatic carbocycles. The number of halogens is 2. The van der Waals surface area contributed by atoms with Crippen LogP contribution in [0.15, 0.2) is 36.4 Å². The monoisotopic (exact) mass is 264 g/mol. The van der Waals surface area contributed by atoms with Crippen LogP contribution in [0.5, 0.6) is 5.75 Å². The van der Waals surface area contributed by atoms with Crippen LogP contribution in [0.3, 0.4) is 0 Å². The average Bonchev–Trinajstić information content (AvgIpc) is 2.36. The Morgan fingerprint density at radius 1 is 1.05 bits per heavy atom. The molecule has 2 aromatic rings. The fourth-order valence-electron chi connectivity index (χ4n) is 1.96. The fourth-order valence-corrected chi connectivity index (χ4v) is 1.96. The summed E-state index contributed by atoms with van der Waals surface area (Å²) in [4.78, 5) is 0. The lowest BCUT2D eigenvalue weighted by molar-refractivity contribution is 0.213. The van der Waals surface area contributed by atoms with Crippen molar-refractivity contribution < 1.29 is 18.6 Å². The number of aliphatic hydroxyl groups is 1. The van der Waals surface area contributed by atoms with E-state index < -0.39 is 17.7 Å². The van der Waals surface area contributed by atoms with Gasteiger partial charge in [-0.25, -0.2) is 8.78 Å². The van der Waals surface area contributed by atoms with E-state index in [1.54, 1.807) is 18.2 Å². The third-order valence-electron chi connectivity index (χ3n) is 2.88. The molecule has 0 heterocycles. The van der Waals surface area contributed by atoms with E-state index in [9.17, 15) is 13.9 Å². The molecule has 0 saturated carbocycles. The number of rotatable bonds is 3. The van der Waals surface area contributed by atoms with Crippen molar-refractivity contribution in [3.8, 4) is 5.75 Å². The molecule has 2 nitrogen and oxygen atoms in total. The first-order valence-electron chi connectivity index (χ1n) is 5.80. The molecule has 0 bridgehead atoms. The highest BCUT2D eigenvalue weighted by atomic mass is 19.1. The first-order chi connectivity index (χ1) is 9.01. The lowest BCUT2D eigenvalue weighted by Gasteiger charge is -2.16. The van der Waals surface area contributed by atoms with Gasteiger partial charge < -0.3 is 9.84 Å². The van der Waals surface area contributed by atoms with E-state index in [0.717, 1.165) is 23.8 Å². The molecule has 0 saturated heterocycles. The Hall–Kier alpha value is -1.94. The van der Waals surface area contributed by atoms with Crippen LogP contribution in [0.4, 0.5) is 8.78 Å². The Labute approximate surface area is 110 Å². The molecule has 1 unspecified atom stereocenters. The van der Waals surface area contributed by atoms with Gasteiger partial charge in [0.25, 0.3) is 0 Å². The Morgan fingerprint density at radius 2 is 1.68 bits per heavy atom. The summed E-state index contributed by atoms with van der Waals surface area (Å²) in [5, 5.41) is 10.2. The fraction of sp³-hybridized carbons (Fsp3) is 0.200. The lowest BCUT2D eigenvalue weighted by Crippen LogP contribution is -2.04. The Balaban J connectivity index is 2.46. The molecular formula is C15H14F2O2. The number of aryl methyl sites for hydroxylation is 1. The van der Waals surface area contributed by atoms with Gasteiger partial charge >= 0.3 is 0 Å². The van der Waals surface area contributed by atoms with E-state index in [1.807, 2.05) is 6.92 Å². The second-order valence-corrected chi connectivity index (χ2v) is 4.35. The highest BCUT2D eigenvalue weighted by molar-refractivity contribution is 5.42. The van der Waals surface area contributed by atoms with Crippen molar-refractivity contribution in [3.05, 3.63) is 64.7 Å². The van der Waals surface area contributed by atoms with Gasteiger partial charge in [0.15, 0.2) is 0 Å². The quantitative estimate of drug-likeness (QED) is 0.921. The number of hydrogen-bond donors (Lipinski definition) is 1. The smallest absolute Gasteiger partial charge is 0.126 e. The molecule has 4 heteroatoms. The lowest BCUT2D eigenvalue weighted by atomic mass is 9.99. The van der Waals surface area contributed by atoms with Crippen LogP contribution < -0.4 is 4.74 Å². The third kappa shape index (κ3) is 2.90. The maximum absolute atomic E-state index is 13.2. The molecule has 0 fully saturated rings. The summed E-state index contributed by atoms with van der Waals surface area (Å²) in [7, 11) is 1.48. The van der Waals surface area contributed by atoms with Gasteiger partial charge in [-0.1, -0.05) is 12.1 Å². The van der Waals surface area contributed by atoms with Gasteiger partial charge in [-0.2, -0.15) is 0 Å². The van der Waals surface area contributed by atoms with Gasteiger partial charge in [0, 0.05) is 11.6 Å². The largest absolute Gasteiger partial charge is 0.496 e. The van der Waals surface area contributed by atoms with Crippen molar-refractivity contribution in [2.24, 2.45) is 0 Å². The molecule has 100 valence electrons. The number of hydrogen-bond acceptors (Lipinski definition) is 2. The highest BCUT2D eigenvalue weighted by Gasteiger charge is 2.17. The zero-order valence-electron chi connectivity index (χ0n) is 10.7. The predicted octanol–water partition coefficient (Wildman–Crippen LogP) is 3.36. The predicted molar refractivity (Wildman–Crippen MR) is 68.2 cm³/mol. The molecule has 0 radical (unpaired) electrons. The maximum Gasteiger partial charge on any atom is 0.126 e. The van der Waals surface area contributed by atoms with Crippen LogP contribution in [0.2, 0.25) is 0 Å². The van der Waals surface area contributed by atoms with Crippen molar-refractivity contribution in [2.45, 2.75) is 13.0 Å². The summed E-state index contributed by atoms with van der Waals surface area (Å²) in [6, 6.07) is 8.22. The van der Waals surface area contributed by atoms with Crippen LogP contribution >= 0.6 is 0 Å². The van der Waals surface area contributed by atoms with Gasteiger partial charge in [0.1, 0.15) is 23.5 Å². The zero-order chi connectivity index (χ0) is 14.0. The summed E-state index contributed by atoms with van der Waals surface area (Å²) >= 11 is 0. The van der Waals surface area contributed by atoms with Crippen molar-refractivity contribution in [2.75, 3.05) is 7.11 Å². The van der Waals surface area contributed by atoms with Gasteiger partial charge in [-0.15, -0.1) is 0 Å². The van der Waals surface area contributed by atoms with Crippen molar-refractivity contribution in [1.29, 1.82) is 0 Å². The molecule has 0 aliphatic heterocycles. The van der Waals surface area contributed by atoms with E-state index in [4.69, 9.17) is 4.74 Å². The van der Waals surface area contributed by atoms with E-state index in [2.05, 4.69) is 0 Å². The molecule has 0 amide bonds. The molecule has 19 heavy (non-hydrogen) atoms. The first kappa shape index (κ1) is 13.5. The van der Waals surface area contributed by atoms with Crippen LogP contribution in [-0.4, -0.2) is 12.2 Å². The number of aliphatic hydroxyl groups excluding tert-OH is 1. The molecule has 2 aromatic carbocycles. The van der Waals surface area contributed by atoms with Crippen LogP contribution in [-0.2, 0) is 0 Å². The van der Waals surface area contributed by atoms with Crippen LogP contribution in [0.1, 0.15) is 22.8 Å². The molecule has 0 spiro atoms. The number of ether oxygens (including phenoxy) is 1. The third-order valence-corrected chi connectivity index (χ3v) is 2.88. The summed E-state index contributed by atoms with van der Waals surface area (Å²) in [6.07, 6.45) is -1.14. The highest BCUT2D eigenvalue weighted by Crippen LogP contribution is 2.31. The van der Waals surface area contributed by atoms with E-state index in [1.165, 1.54) is 7.11 Å².